The number of benzene rings is 8. The third-order valence-corrected chi connectivity index (χ3v) is 10.4. The van der Waals surface area contributed by atoms with Gasteiger partial charge < -0.3 is 4.42 Å². The van der Waals surface area contributed by atoms with Crippen molar-refractivity contribution in [3.63, 3.8) is 0 Å². The molecule has 0 unspecified atom stereocenters. The highest BCUT2D eigenvalue weighted by atomic mass is 16.3. The summed E-state index contributed by atoms with van der Waals surface area (Å²) in [7, 11) is 0. The van der Waals surface area contributed by atoms with E-state index in [1.807, 2.05) is 97.1 Å². The predicted molar refractivity (Wildman–Crippen MR) is 230 cm³/mol. The summed E-state index contributed by atoms with van der Waals surface area (Å²) in [6.45, 7) is 0. The number of nitrogens with zero attached hydrogens (tertiary/aromatic N) is 4. The molecular formula is C52H32N4O. The monoisotopic (exact) mass is 728 g/mol. The zero-order chi connectivity index (χ0) is 38.1. The molecule has 10 aromatic rings. The summed E-state index contributed by atoms with van der Waals surface area (Å²) in [5, 5.41) is 11.9. The summed E-state index contributed by atoms with van der Waals surface area (Å²) in [6, 6.07) is 68.2. The van der Waals surface area contributed by atoms with Gasteiger partial charge in [0.2, 0.25) is 0 Å². The van der Waals surface area contributed by atoms with E-state index in [4.69, 9.17) is 19.4 Å². The average molecular weight is 729 g/mol. The molecule has 10 rings (SSSR count). The highest BCUT2D eigenvalue weighted by Crippen LogP contribution is 2.39. The minimum absolute atomic E-state index is 0.537. The quantitative estimate of drug-likeness (QED) is 0.163. The first kappa shape index (κ1) is 33.6. The van der Waals surface area contributed by atoms with Gasteiger partial charge in [0.15, 0.2) is 17.5 Å². The smallest absolute Gasteiger partial charge is 0.164 e. The second-order valence-electron chi connectivity index (χ2n) is 13.9. The lowest BCUT2D eigenvalue weighted by atomic mass is 9.95. The molecule has 0 saturated heterocycles. The van der Waals surface area contributed by atoms with Crippen LogP contribution in [0, 0.1) is 11.3 Å². The highest BCUT2D eigenvalue weighted by molar-refractivity contribution is 6.13. The first-order chi connectivity index (χ1) is 28.2. The molecule has 8 aromatic carbocycles. The fourth-order valence-corrected chi connectivity index (χ4v) is 7.57. The lowest BCUT2D eigenvalue weighted by Crippen LogP contribution is -2.00. The lowest BCUT2D eigenvalue weighted by Gasteiger charge is -2.10. The minimum atomic E-state index is 0.537. The molecular weight excluding hydrogens is 697 g/mol. The molecule has 57 heavy (non-hydrogen) atoms. The number of hydrogen-bond acceptors (Lipinski definition) is 5. The lowest BCUT2D eigenvalue weighted by molar-refractivity contribution is 0.669. The van der Waals surface area contributed by atoms with Crippen LogP contribution in [0.15, 0.2) is 199 Å². The van der Waals surface area contributed by atoms with Crippen LogP contribution in [-0.4, -0.2) is 15.0 Å². The number of nitriles is 1. The van der Waals surface area contributed by atoms with Crippen LogP contribution in [0.1, 0.15) is 5.56 Å². The van der Waals surface area contributed by atoms with Gasteiger partial charge in [-0.1, -0.05) is 158 Å². The Kier molecular flexibility index (Phi) is 8.48. The highest BCUT2D eigenvalue weighted by Gasteiger charge is 2.17. The maximum Gasteiger partial charge on any atom is 0.164 e. The van der Waals surface area contributed by atoms with Crippen molar-refractivity contribution in [3.05, 3.63) is 200 Å². The molecule has 0 amide bonds. The Balaban J connectivity index is 1.04. The summed E-state index contributed by atoms with van der Waals surface area (Å²) < 4.78 is 6.57. The fourth-order valence-electron chi connectivity index (χ4n) is 7.57. The van der Waals surface area contributed by atoms with E-state index in [1.165, 1.54) is 11.1 Å². The molecule has 0 saturated carbocycles. The van der Waals surface area contributed by atoms with Crippen LogP contribution in [0.2, 0.25) is 0 Å². The van der Waals surface area contributed by atoms with Crippen LogP contribution >= 0.6 is 0 Å². The van der Waals surface area contributed by atoms with Crippen LogP contribution in [0.4, 0.5) is 0 Å². The van der Waals surface area contributed by atoms with Crippen molar-refractivity contribution >= 4 is 21.9 Å². The second-order valence-corrected chi connectivity index (χ2v) is 13.9. The van der Waals surface area contributed by atoms with Crippen LogP contribution < -0.4 is 0 Å². The average Bonchev–Trinajstić information content (AvgIpc) is 3.68. The molecule has 5 nitrogen and oxygen atoms in total. The summed E-state index contributed by atoms with van der Waals surface area (Å²) in [5.41, 5.74) is 13.4. The van der Waals surface area contributed by atoms with E-state index in [9.17, 15) is 5.26 Å². The number of aromatic nitrogens is 3. The van der Waals surface area contributed by atoms with Gasteiger partial charge in [0, 0.05) is 27.5 Å². The maximum absolute atomic E-state index is 9.79. The second kappa shape index (κ2) is 14.4. The van der Waals surface area contributed by atoms with Crippen molar-refractivity contribution < 1.29 is 4.42 Å². The van der Waals surface area contributed by atoms with E-state index in [0.717, 1.165) is 72.0 Å². The van der Waals surface area contributed by atoms with Crippen molar-refractivity contribution in [2.75, 3.05) is 0 Å². The number of rotatable bonds is 7. The van der Waals surface area contributed by atoms with Crippen LogP contribution in [0.25, 0.3) is 101 Å². The Morgan fingerprint density at radius 2 is 0.825 bits per heavy atom. The molecule has 2 heterocycles. The molecule has 0 aliphatic heterocycles. The van der Waals surface area contributed by atoms with Crippen molar-refractivity contribution in [2.24, 2.45) is 0 Å². The van der Waals surface area contributed by atoms with Gasteiger partial charge in [-0.3, -0.25) is 0 Å². The van der Waals surface area contributed by atoms with Gasteiger partial charge in [-0.05, 0) is 80.9 Å². The van der Waals surface area contributed by atoms with Crippen molar-refractivity contribution in [3.8, 4) is 84.7 Å². The SMILES string of the molecule is N#Cc1ccccc1-c1cccc(-c2nc(-c3ccccc3)nc(-c3ccc4c(c3)oc3cccc(-c5cccc(-c6ccc(-c7ccccc7)cc6)c5)c34)n2)c1. The zero-order valence-electron chi connectivity index (χ0n) is 30.7. The number of hydrogen-bond donors (Lipinski definition) is 0. The van der Waals surface area contributed by atoms with E-state index in [2.05, 4.69) is 103 Å². The van der Waals surface area contributed by atoms with E-state index >= 15 is 0 Å². The first-order valence-corrected chi connectivity index (χ1v) is 18.8. The van der Waals surface area contributed by atoms with Crippen LogP contribution in [0.3, 0.4) is 0 Å². The molecule has 0 spiro atoms. The number of furan rings is 1. The molecule has 0 N–H and O–H groups in total. The van der Waals surface area contributed by atoms with E-state index in [0.29, 0.717) is 23.0 Å². The molecule has 0 atom stereocenters. The summed E-state index contributed by atoms with van der Waals surface area (Å²) in [6.07, 6.45) is 0. The van der Waals surface area contributed by atoms with Crippen molar-refractivity contribution in [1.29, 1.82) is 5.26 Å². The Morgan fingerprint density at radius 3 is 1.54 bits per heavy atom. The summed E-state index contributed by atoms with van der Waals surface area (Å²) in [4.78, 5) is 15.0. The number of fused-ring (bicyclic) bond motifs is 3. The molecule has 5 heteroatoms. The molecule has 266 valence electrons. The molecule has 0 fully saturated rings. The zero-order valence-corrected chi connectivity index (χ0v) is 30.7. The minimum Gasteiger partial charge on any atom is -0.456 e. The van der Waals surface area contributed by atoms with E-state index < -0.39 is 0 Å². The Morgan fingerprint density at radius 1 is 0.351 bits per heavy atom. The molecule has 0 aliphatic rings. The van der Waals surface area contributed by atoms with Gasteiger partial charge >= 0.3 is 0 Å². The van der Waals surface area contributed by atoms with E-state index in [-0.39, 0.29) is 0 Å². The normalized spacial score (nSPS) is 11.1. The van der Waals surface area contributed by atoms with Gasteiger partial charge in [0.05, 0.1) is 11.6 Å². The predicted octanol–water partition coefficient (Wildman–Crippen LogP) is 13.3. The Hall–Kier alpha value is -7.94. The third kappa shape index (κ3) is 6.42. The Labute approximate surface area is 329 Å². The summed E-state index contributed by atoms with van der Waals surface area (Å²) in [5.74, 6) is 1.65. The molecule has 2 aromatic heterocycles. The van der Waals surface area contributed by atoms with Gasteiger partial charge in [0.25, 0.3) is 0 Å². The third-order valence-electron chi connectivity index (χ3n) is 10.4. The van der Waals surface area contributed by atoms with E-state index in [1.54, 1.807) is 0 Å². The fraction of sp³-hybridized carbons (Fsp3) is 0. The standard InChI is InChI=1S/C52H32N4O/c53-33-43-16-7-8-21-44(43)39-18-10-20-41(31-39)51-54-50(37-14-5-2-6-15-37)55-52(56-51)42-28-29-46-48(32-42)57-47-23-11-22-45(49(46)47)40-19-9-17-38(30-40)36-26-24-35(25-27-36)34-12-3-1-4-13-34/h1-32H. The van der Waals surface area contributed by atoms with Gasteiger partial charge in [-0.15, -0.1) is 0 Å². The Bertz CT molecular complexity index is 3130. The first-order valence-electron chi connectivity index (χ1n) is 18.8. The topological polar surface area (TPSA) is 75.6 Å². The maximum atomic E-state index is 9.79. The largest absolute Gasteiger partial charge is 0.456 e. The van der Waals surface area contributed by atoms with Crippen molar-refractivity contribution in [1.82, 2.24) is 15.0 Å². The van der Waals surface area contributed by atoms with Gasteiger partial charge in [-0.2, -0.15) is 5.26 Å². The molecule has 0 radical (unpaired) electrons. The summed E-state index contributed by atoms with van der Waals surface area (Å²) >= 11 is 0. The molecule has 0 bridgehead atoms. The van der Waals surface area contributed by atoms with Crippen molar-refractivity contribution in [2.45, 2.75) is 0 Å². The molecule has 0 aliphatic carbocycles. The van der Waals surface area contributed by atoms with Gasteiger partial charge in [-0.25, -0.2) is 15.0 Å². The van der Waals surface area contributed by atoms with Crippen LogP contribution in [-0.2, 0) is 0 Å². The van der Waals surface area contributed by atoms with Crippen LogP contribution in [0.5, 0.6) is 0 Å². The van der Waals surface area contributed by atoms with Gasteiger partial charge in [0.1, 0.15) is 11.2 Å².